The number of nitrogens with one attached hydrogen (secondary N) is 1. The van der Waals surface area contributed by atoms with Crippen molar-refractivity contribution >= 4 is 21.9 Å². The molecule has 4 rings (SSSR count). The van der Waals surface area contributed by atoms with Crippen LogP contribution in [0.5, 0.6) is 0 Å². The number of sulfone groups is 1. The minimum absolute atomic E-state index is 0.0617. The number of carbonyl (C=O) groups excluding carboxylic acids is 1. The normalized spacial score (nSPS) is 20.5. The minimum Gasteiger partial charge on any atom is -0.480 e. The molecule has 0 aromatic heterocycles. The van der Waals surface area contributed by atoms with E-state index >= 15 is 0 Å². The fourth-order valence-electron chi connectivity index (χ4n) is 4.23. The zero-order valence-electron chi connectivity index (χ0n) is 15.6. The molecule has 2 aromatic carbocycles. The van der Waals surface area contributed by atoms with E-state index in [1.807, 2.05) is 48.5 Å². The van der Waals surface area contributed by atoms with Gasteiger partial charge in [-0.05, 0) is 28.7 Å². The molecule has 2 unspecified atom stereocenters. The quantitative estimate of drug-likeness (QED) is 0.776. The first-order valence-corrected chi connectivity index (χ1v) is 11.2. The number of hydrogen-bond acceptors (Lipinski definition) is 5. The van der Waals surface area contributed by atoms with Crippen LogP contribution in [0.15, 0.2) is 48.5 Å². The Balaban J connectivity index is 1.45. The van der Waals surface area contributed by atoms with Crippen molar-refractivity contribution in [2.75, 3.05) is 18.1 Å². The number of carboxylic acid groups (broad SMARTS) is 1. The van der Waals surface area contributed by atoms with Crippen LogP contribution in [-0.2, 0) is 19.4 Å². The average molecular weight is 415 g/mol. The highest BCUT2D eigenvalue weighted by molar-refractivity contribution is 7.91. The lowest BCUT2D eigenvalue weighted by Gasteiger charge is -2.20. The number of carboxylic acids is 1. The second kappa shape index (κ2) is 7.51. The molecule has 2 N–H and O–H groups in total. The molecule has 2 aliphatic rings. The molecular formula is C21H21NO6S. The van der Waals surface area contributed by atoms with Crippen molar-refractivity contribution in [3.63, 3.8) is 0 Å². The second-order valence-electron chi connectivity index (χ2n) is 7.45. The van der Waals surface area contributed by atoms with Gasteiger partial charge in [0.25, 0.3) is 0 Å². The third kappa shape index (κ3) is 3.85. The van der Waals surface area contributed by atoms with Crippen LogP contribution in [0.3, 0.4) is 0 Å². The molecular weight excluding hydrogens is 394 g/mol. The molecule has 1 fully saturated rings. The topological polar surface area (TPSA) is 110 Å². The number of carbonyl (C=O) groups is 2. The summed E-state index contributed by atoms with van der Waals surface area (Å²) in [4.78, 5) is 23.9. The van der Waals surface area contributed by atoms with Crippen molar-refractivity contribution in [3.8, 4) is 11.1 Å². The number of benzene rings is 2. The van der Waals surface area contributed by atoms with Crippen LogP contribution in [0, 0.1) is 5.92 Å². The molecule has 1 aliphatic heterocycles. The van der Waals surface area contributed by atoms with E-state index in [9.17, 15) is 23.1 Å². The summed E-state index contributed by atoms with van der Waals surface area (Å²) in [5.41, 5.74) is 4.30. The molecule has 152 valence electrons. The molecule has 1 heterocycles. The maximum Gasteiger partial charge on any atom is 0.407 e. The predicted molar refractivity (Wildman–Crippen MR) is 106 cm³/mol. The standard InChI is InChI=1S/C21H21NO6S/c23-20(24)19(13-9-10-29(26,27)12-13)22-21(25)28-11-18-16-7-3-1-5-14(16)15-6-2-4-8-17(15)18/h1-8,13,18-19H,9-12H2,(H,22,25)(H,23,24). The second-order valence-corrected chi connectivity index (χ2v) is 9.68. The Morgan fingerprint density at radius 1 is 1.07 bits per heavy atom. The van der Waals surface area contributed by atoms with Gasteiger partial charge in [-0.25, -0.2) is 18.0 Å². The lowest BCUT2D eigenvalue weighted by atomic mass is 9.98. The zero-order valence-corrected chi connectivity index (χ0v) is 16.4. The molecule has 29 heavy (non-hydrogen) atoms. The first-order valence-electron chi connectivity index (χ1n) is 9.40. The van der Waals surface area contributed by atoms with Crippen molar-refractivity contribution in [3.05, 3.63) is 59.7 Å². The van der Waals surface area contributed by atoms with Gasteiger partial charge in [0.15, 0.2) is 9.84 Å². The molecule has 2 aromatic rings. The summed E-state index contributed by atoms with van der Waals surface area (Å²) in [6.07, 6.45) is -0.647. The van der Waals surface area contributed by atoms with Gasteiger partial charge in [0.1, 0.15) is 12.6 Å². The highest BCUT2D eigenvalue weighted by Crippen LogP contribution is 2.44. The number of hydrogen-bond donors (Lipinski definition) is 2. The average Bonchev–Trinajstić information content (AvgIpc) is 3.21. The van der Waals surface area contributed by atoms with Crippen LogP contribution in [0.4, 0.5) is 4.79 Å². The molecule has 0 radical (unpaired) electrons. The highest BCUT2D eigenvalue weighted by atomic mass is 32.2. The molecule has 0 saturated carbocycles. The van der Waals surface area contributed by atoms with Gasteiger partial charge in [-0.1, -0.05) is 48.5 Å². The van der Waals surface area contributed by atoms with E-state index in [-0.39, 0.29) is 30.5 Å². The monoisotopic (exact) mass is 415 g/mol. The fourth-order valence-corrected chi connectivity index (χ4v) is 6.07. The van der Waals surface area contributed by atoms with Crippen LogP contribution < -0.4 is 5.32 Å². The van der Waals surface area contributed by atoms with E-state index in [4.69, 9.17) is 4.74 Å². The predicted octanol–water partition coefficient (Wildman–Crippen LogP) is 2.41. The molecule has 1 aliphatic carbocycles. The maximum absolute atomic E-state index is 12.3. The highest BCUT2D eigenvalue weighted by Gasteiger charge is 2.39. The Hall–Kier alpha value is -2.87. The minimum atomic E-state index is -3.26. The number of rotatable bonds is 5. The van der Waals surface area contributed by atoms with E-state index in [2.05, 4.69) is 5.32 Å². The molecule has 7 nitrogen and oxygen atoms in total. The first kappa shape index (κ1) is 19.4. The Labute approximate surface area is 168 Å². The molecule has 1 saturated heterocycles. The van der Waals surface area contributed by atoms with Gasteiger partial charge < -0.3 is 15.2 Å². The van der Waals surface area contributed by atoms with Crippen LogP contribution in [0.2, 0.25) is 0 Å². The largest absolute Gasteiger partial charge is 0.480 e. The van der Waals surface area contributed by atoms with Crippen molar-refractivity contribution < 1.29 is 27.9 Å². The molecule has 0 bridgehead atoms. The van der Waals surface area contributed by atoms with Gasteiger partial charge in [0, 0.05) is 11.8 Å². The van der Waals surface area contributed by atoms with Crippen molar-refractivity contribution in [1.29, 1.82) is 0 Å². The van der Waals surface area contributed by atoms with Crippen LogP contribution in [0.1, 0.15) is 23.5 Å². The smallest absolute Gasteiger partial charge is 0.407 e. The van der Waals surface area contributed by atoms with Gasteiger partial charge in [0.2, 0.25) is 0 Å². The Morgan fingerprint density at radius 2 is 1.66 bits per heavy atom. The van der Waals surface area contributed by atoms with Gasteiger partial charge in [0.05, 0.1) is 11.5 Å². The first-order chi connectivity index (χ1) is 13.9. The van der Waals surface area contributed by atoms with E-state index in [1.165, 1.54) is 0 Å². The Kier molecular flexibility index (Phi) is 5.04. The number of aliphatic carboxylic acids is 1. The van der Waals surface area contributed by atoms with E-state index in [0.29, 0.717) is 0 Å². The summed E-state index contributed by atoms with van der Waals surface area (Å²) >= 11 is 0. The summed E-state index contributed by atoms with van der Waals surface area (Å²) in [6.45, 7) is 0.0646. The zero-order chi connectivity index (χ0) is 20.6. The van der Waals surface area contributed by atoms with E-state index in [0.717, 1.165) is 22.3 Å². The number of alkyl carbamates (subject to hydrolysis) is 1. The number of ether oxygens (including phenoxy) is 1. The van der Waals surface area contributed by atoms with Gasteiger partial charge in [-0.15, -0.1) is 0 Å². The summed E-state index contributed by atoms with van der Waals surface area (Å²) in [5.74, 6) is -2.36. The van der Waals surface area contributed by atoms with Crippen LogP contribution in [0.25, 0.3) is 11.1 Å². The third-order valence-electron chi connectivity index (χ3n) is 5.62. The lowest BCUT2D eigenvalue weighted by Crippen LogP contribution is -2.46. The van der Waals surface area contributed by atoms with E-state index in [1.54, 1.807) is 0 Å². The molecule has 2 atom stereocenters. The van der Waals surface area contributed by atoms with Gasteiger partial charge in [-0.3, -0.25) is 0 Å². The third-order valence-corrected chi connectivity index (χ3v) is 7.42. The van der Waals surface area contributed by atoms with Crippen molar-refractivity contribution in [2.45, 2.75) is 18.4 Å². The van der Waals surface area contributed by atoms with Crippen molar-refractivity contribution in [2.24, 2.45) is 5.92 Å². The van der Waals surface area contributed by atoms with Gasteiger partial charge >= 0.3 is 12.1 Å². The molecule has 0 spiro atoms. The fraction of sp³-hybridized carbons (Fsp3) is 0.333. The summed E-state index contributed by atoms with van der Waals surface area (Å²) in [6, 6.07) is 14.5. The molecule has 1 amide bonds. The summed E-state index contributed by atoms with van der Waals surface area (Å²) in [7, 11) is -3.26. The summed E-state index contributed by atoms with van der Waals surface area (Å²) in [5, 5.41) is 11.8. The summed E-state index contributed by atoms with van der Waals surface area (Å²) < 4.78 is 28.7. The lowest BCUT2D eigenvalue weighted by molar-refractivity contribution is -0.140. The Bertz CT molecular complexity index is 1020. The number of fused-ring (bicyclic) bond motifs is 3. The maximum atomic E-state index is 12.3. The van der Waals surface area contributed by atoms with Gasteiger partial charge in [-0.2, -0.15) is 0 Å². The number of amides is 1. The Morgan fingerprint density at radius 3 is 2.17 bits per heavy atom. The van der Waals surface area contributed by atoms with Crippen LogP contribution in [-0.4, -0.2) is 49.7 Å². The van der Waals surface area contributed by atoms with Crippen LogP contribution >= 0.6 is 0 Å². The van der Waals surface area contributed by atoms with Crippen molar-refractivity contribution in [1.82, 2.24) is 5.32 Å². The molecule has 8 heteroatoms. The van der Waals surface area contributed by atoms with E-state index < -0.39 is 33.9 Å². The SMILES string of the molecule is O=C(NC(C(=O)O)C1CCS(=O)(=O)C1)OCC1c2ccccc2-c2ccccc21.